The summed E-state index contributed by atoms with van der Waals surface area (Å²) in [6.07, 6.45) is 0. The van der Waals surface area contributed by atoms with E-state index in [2.05, 4.69) is 9.88 Å². The Kier molecular flexibility index (Phi) is 3.59. The van der Waals surface area contributed by atoms with E-state index in [-0.39, 0.29) is 17.1 Å². The Morgan fingerprint density at radius 2 is 2.11 bits per heavy atom. The van der Waals surface area contributed by atoms with Gasteiger partial charge < -0.3 is 10.3 Å². The fourth-order valence-electron chi connectivity index (χ4n) is 1.78. The fourth-order valence-corrected chi connectivity index (χ4v) is 3.13. The third-order valence-electron chi connectivity index (χ3n) is 2.62. The second-order valence-corrected chi connectivity index (χ2v) is 5.96. The molecule has 0 atom stereocenters. The van der Waals surface area contributed by atoms with Crippen LogP contribution in [0.25, 0.3) is 0 Å². The molecule has 2 aromatic rings. The Bertz CT molecular complexity index is 672. The van der Waals surface area contributed by atoms with Crippen molar-refractivity contribution in [2.75, 3.05) is 5.73 Å². The van der Waals surface area contributed by atoms with Gasteiger partial charge in [-0.3, -0.25) is 0 Å². The number of nitrogen functional groups attached to an aromatic ring is 1. The van der Waals surface area contributed by atoms with Gasteiger partial charge in [0.25, 0.3) is 0 Å². The van der Waals surface area contributed by atoms with Gasteiger partial charge in [-0.2, -0.15) is 0 Å². The number of rotatable bonds is 4. The molecule has 0 aliphatic heterocycles. The van der Waals surface area contributed by atoms with Crippen LogP contribution in [-0.4, -0.2) is 13.6 Å². The van der Waals surface area contributed by atoms with E-state index < -0.39 is 10.0 Å². The summed E-state index contributed by atoms with van der Waals surface area (Å²) in [6, 6.07) is 6.64. The molecule has 102 valence electrons. The van der Waals surface area contributed by atoms with Gasteiger partial charge in [0.15, 0.2) is 5.76 Å². The molecule has 2 rings (SSSR count). The maximum absolute atomic E-state index is 12.2. The average molecular weight is 281 g/mol. The van der Waals surface area contributed by atoms with Gasteiger partial charge in [-0.15, -0.1) is 0 Å². The second-order valence-electron chi connectivity index (χ2n) is 4.25. The van der Waals surface area contributed by atoms with Gasteiger partial charge in [-0.1, -0.05) is 17.3 Å². The van der Waals surface area contributed by atoms with Crippen LogP contribution < -0.4 is 10.5 Å². The number of anilines is 1. The predicted octanol–water partition coefficient (Wildman–Crippen LogP) is 1.35. The van der Waals surface area contributed by atoms with Crippen molar-refractivity contribution in [1.29, 1.82) is 0 Å². The van der Waals surface area contributed by atoms with E-state index in [0.717, 1.165) is 0 Å². The summed E-state index contributed by atoms with van der Waals surface area (Å²) in [7, 11) is -3.67. The molecule has 0 radical (unpaired) electrons. The largest absolute Gasteiger partial charge is 0.398 e. The average Bonchev–Trinajstić information content (AvgIpc) is 2.72. The van der Waals surface area contributed by atoms with Crippen LogP contribution in [0.4, 0.5) is 5.69 Å². The highest BCUT2D eigenvalue weighted by atomic mass is 32.2. The van der Waals surface area contributed by atoms with E-state index in [0.29, 0.717) is 17.0 Å². The van der Waals surface area contributed by atoms with Gasteiger partial charge in [0.1, 0.15) is 4.90 Å². The monoisotopic (exact) mass is 281 g/mol. The van der Waals surface area contributed by atoms with E-state index in [9.17, 15) is 8.42 Å². The van der Waals surface area contributed by atoms with Crippen LogP contribution in [0, 0.1) is 13.8 Å². The highest BCUT2D eigenvalue weighted by Crippen LogP contribution is 2.22. The number of hydrogen-bond acceptors (Lipinski definition) is 5. The summed E-state index contributed by atoms with van der Waals surface area (Å²) in [4.78, 5) is 0.103. The van der Waals surface area contributed by atoms with Crippen molar-refractivity contribution < 1.29 is 12.9 Å². The van der Waals surface area contributed by atoms with Crippen LogP contribution in [0.2, 0.25) is 0 Å². The fraction of sp³-hybridized carbons (Fsp3) is 0.250. The minimum absolute atomic E-state index is 0.0386. The highest BCUT2D eigenvalue weighted by molar-refractivity contribution is 7.89. The molecule has 0 spiro atoms. The molecule has 0 bridgehead atoms. The first-order valence-corrected chi connectivity index (χ1v) is 7.15. The molecule has 7 heteroatoms. The van der Waals surface area contributed by atoms with Crippen molar-refractivity contribution in [3.8, 4) is 0 Å². The lowest BCUT2D eigenvalue weighted by Gasteiger charge is -2.10. The van der Waals surface area contributed by atoms with Gasteiger partial charge in [0.2, 0.25) is 10.0 Å². The minimum Gasteiger partial charge on any atom is -0.398 e. The first-order valence-electron chi connectivity index (χ1n) is 5.67. The number of benzene rings is 1. The van der Waals surface area contributed by atoms with Crippen LogP contribution >= 0.6 is 0 Å². The third-order valence-corrected chi connectivity index (χ3v) is 4.24. The maximum Gasteiger partial charge on any atom is 0.243 e. The summed E-state index contributed by atoms with van der Waals surface area (Å²) in [6.45, 7) is 3.50. The number of aryl methyl sites for hydroxylation is 2. The van der Waals surface area contributed by atoms with Crippen molar-refractivity contribution in [3.63, 3.8) is 0 Å². The summed E-state index contributed by atoms with van der Waals surface area (Å²) in [5, 5.41) is 3.69. The molecule has 1 aromatic carbocycles. The smallest absolute Gasteiger partial charge is 0.243 e. The summed E-state index contributed by atoms with van der Waals surface area (Å²) >= 11 is 0. The molecule has 6 nitrogen and oxygen atoms in total. The van der Waals surface area contributed by atoms with Gasteiger partial charge in [0.05, 0.1) is 17.9 Å². The van der Waals surface area contributed by atoms with Gasteiger partial charge in [-0.05, 0) is 25.5 Å². The molecule has 0 saturated heterocycles. The number of nitrogens with two attached hydrogens (primary N) is 1. The van der Waals surface area contributed by atoms with Crippen LogP contribution in [0.5, 0.6) is 0 Å². The number of nitrogens with zero attached hydrogens (tertiary/aromatic N) is 1. The van der Waals surface area contributed by atoms with Gasteiger partial charge >= 0.3 is 0 Å². The zero-order valence-electron chi connectivity index (χ0n) is 10.7. The summed E-state index contributed by atoms with van der Waals surface area (Å²) in [5.74, 6) is 0.452. The third kappa shape index (κ3) is 2.94. The van der Waals surface area contributed by atoms with E-state index in [1.165, 1.54) is 0 Å². The highest BCUT2D eigenvalue weighted by Gasteiger charge is 2.20. The van der Waals surface area contributed by atoms with E-state index in [1.54, 1.807) is 38.1 Å². The van der Waals surface area contributed by atoms with E-state index in [1.807, 2.05) is 0 Å². The van der Waals surface area contributed by atoms with Crippen LogP contribution in [0.1, 0.15) is 17.0 Å². The number of sulfonamides is 1. The van der Waals surface area contributed by atoms with E-state index >= 15 is 0 Å². The standard InChI is InChI=1S/C12H15N3O3S/c1-8-4-3-5-11(13)12(8)19(16,17)14-7-10-6-9(2)15-18-10/h3-6,14H,7,13H2,1-2H3. The molecule has 1 aromatic heterocycles. The first-order chi connectivity index (χ1) is 8.90. The molecule has 0 unspecified atom stereocenters. The topological polar surface area (TPSA) is 98.2 Å². The van der Waals surface area contributed by atoms with Gasteiger partial charge in [0, 0.05) is 6.07 Å². The van der Waals surface area contributed by atoms with Crippen molar-refractivity contribution >= 4 is 15.7 Å². The first kappa shape index (κ1) is 13.6. The quantitative estimate of drug-likeness (QED) is 0.824. The lowest BCUT2D eigenvalue weighted by atomic mass is 10.2. The summed E-state index contributed by atoms with van der Waals surface area (Å²) < 4.78 is 31.8. The molecule has 0 aliphatic carbocycles. The van der Waals surface area contributed by atoms with Crippen molar-refractivity contribution in [3.05, 3.63) is 41.3 Å². The SMILES string of the molecule is Cc1cc(CNS(=O)(=O)c2c(C)cccc2N)on1. The zero-order chi connectivity index (χ0) is 14.0. The Hall–Kier alpha value is -1.86. The molecule has 1 heterocycles. The molecule has 0 fully saturated rings. The zero-order valence-corrected chi connectivity index (χ0v) is 11.5. The molecule has 0 amide bonds. The van der Waals surface area contributed by atoms with Crippen molar-refractivity contribution in [1.82, 2.24) is 9.88 Å². The molecule has 0 saturated carbocycles. The predicted molar refractivity (Wildman–Crippen MR) is 70.9 cm³/mol. The Balaban J connectivity index is 2.23. The normalized spacial score (nSPS) is 11.7. The maximum atomic E-state index is 12.2. The molecular weight excluding hydrogens is 266 g/mol. The number of aromatic nitrogens is 1. The lowest BCUT2D eigenvalue weighted by molar-refractivity contribution is 0.377. The lowest BCUT2D eigenvalue weighted by Crippen LogP contribution is -2.24. The second kappa shape index (κ2) is 5.02. The number of hydrogen-bond donors (Lipinski definition) is 2. The Morgan fingerprint density at radius 1 is 1.37 bits per heavy atom. The Labute approximate surface area is 111 Å². The number of nitrogens with one attached hydrogen (secondary N) is 1. The van der Waals surface area contributed by atoms with Crippen LogP contribution in [0.3, 0.4) is 0 Å². The van der Waals surface area contributed by atoms with Crippen molar-refractivity contribution in [2.45, 2.75) is 25.3 Å². The molecule has 0 aliphatic rings. The van der Waals surface area contributed by atoms with Gasteiger partial charge in [-0.25, -0.2) is 13.1 Å². The van der Waals surface area contributed by atoms with Crippen LogP contribution in [-0.2, 0) is 16.6 Å². The molecule has 3 N–H and O–H groups in total. The summed E-state index contributed by atoms with van der Waals surface area (Å²) in [5.41, 5.74) is 7.25. The molecule has 19 heavy (non-hydrogen) atoms. The molecular formula is C12H15N3O3S. The van der Waals surface area contributed by atoms with Crippen LogP contribution in [0.15, 0.2) is 33.7 Å². The van der Waals surface area contributed by atoms with E-state index in [4.69, 9.17) is 10.3 Å². The van der Waals surface area contributed by atoms with Crippen molar-refractivity contribution in [2.24, 2.45) is 0 Å². The Morgan fingerprint density at radius 3 is 2.68 bits per heavy atom. The minimum atomic E-state index is -3.67.